The summed E-state index contributed by atoms with van der Waals surface area (Å²) in [5.74, 6) is 1.37. The summed E-state index contributed by atoms with van der Waals surface area (Å²) in [6.07, 6.45) is 2.56. The molecule has 25 heavy (non-hydrogen) atoms. The zero-order valence-corrected chi connectivity index (χ0v) is 15.0. The Kier molecular flexibility index (Phi) is 3.44. The van der Waals surface area contributed by atoms with Gasteiger partial charge in [0.1, 0.15) is 0 Å². The number of para-hydroxylation sites is 2. The smallest absolute Gasteiger partial charge is 0.210 e. The Bertz CT molecular complexity index is 863. The van der Waals surface area contributed by atoms with Gasteiger partial charge in [-0.25, -0.2) is 8.42 Å². The lowest BCUT2D eigenvalue weighted by Gasteiger charge is -2.47. The van der Waals surface area contributed by atoms with Crippen LogP contribution in [0.2, 0.25) is 0 Å². The second-order valence-electron chi connectivity index (χ2n) is 7.45. The van der Waals surface area contributed by atoms with Crippen molar-refractivity contribution < 1.29 is 8.42 Å². The van der Waals surface area contributed by atoms with E-state index in [1.165, 1.54) is 25.9 Å². The minimum atomic E-state index is -3.44. The van der Waals surface area contributed by atoms with Gasteiger partial charge in [-0.05, 0) is 62.0 Å². The van der Waals surface area contributed by atoms with E-state index in [4.69, 9.17) is 0 Å². The summed E-state index contributed by atoms with van der Waals surface area (Å²) in [6, 6.07) is 14.9. The van der Waals surface area contributed by atoms with Crippen molar-refractivity contribution in [1.29, 1.82) is 0 Å². The number of sulfone groups is 1. The Balaban J connectivity index is 1.60. The van der Waals surface area contributed by atoms with E-state index < -0.39 is 9.84 Å². The molecule has 130 valence electrons. The van der Waals surface area contributed by atoms with Crippen LogP contribution in [0.4, 0.5) is 11.4 Å². The average Bonchev–Trinajstić information content (AvgIpc) is 2.66. The summed E-state index contributed by atoms with van der Waals surface area (Å²) in [5, 5.41) is 0. The zero-order chi connectivity index (χ0) is 17.0. The van der Waals surface area contributed by atoms with Crippen molar-refractivity contribution in [3.8, 4) is 0 Å². The zero-order valence-electron chi connectivity index (χ0n) is 14.1. The number of benzene rings is 2. The molecule has 0 radical (unpaired) electrons. The third-order valence-corrected chi connectivity index (χ3v) is 7.95. The first kappa shape index (κ1) is 15.4. The maximum absolute atomic E-state index is 13.0. The third-order valence-electron chi connectivity index (χ3n) is 6.10. The number of fused-ring (bicyclic) bond motifs is 5. The van der Waals surface area contributed by atoms with Gasteiger partial charge >= 0.3 is 0 Å². The standard InChI is InChI=1S/C20H22N2O2S/c23-25(24)19-7-3-1-5-17(19)22(18-6-2-4-8-20(18)25)14-16-13-21-11-9-15(16)10-12-21/h1-8,15-16H,9-14H2. The lowest BCUT2D eigenvalue weighted by molar-refractivity contribution is 0.0553. The highest BCUT2D eigenvalue weighted by molar-refractivity contribution is 7.92. The van der Waals surface area contributed by atoms with Crippen LogP contribution in [0.1, 0.15) is 12.8 Å². The van der Waals surface area contributed by atoms with Gasteiger partial charge in [-0.1, -0.05) is 24.3 Å². The summed E-state index contributed by atoms with van der Waals surface area (Å²) in [7, 11) is -3.44. The van der Waals surface area contributed by atoms with Crippen molar-refractivity contribution in [3.05, 3.63) is 48.5 Å². The molecule has 4 heterocycles. The molecule has 1 atom stereocenters. The highest BCUT2D eigenvalue weighted by atomic mass is 32.2. The van der Waals surface area contributed by atoms with Crippen LogP contribution in [0.5, 0.6) is 0 Å². The van der Waals surface area contributed by atoms with Gasteiger partial charge in [0, 0.05) is 13.1 Å². The Morgan fingerprint density at radius 3 is 1.96 bits per heavy atom. The van der Waals surface area contributed by atoms with E-state index >= 15 is 0 Å². The molecule has 2 bridgehead atoms. The van der Waals surface area contributed by atoms with Crippen molar-refractivity contribution in [3.63, 3.8) is 0 Å². The molecule has 0 amide bonds. The van der Waals surface area contributed by atoms with Crippen LogP contribution < -0.4 is 4.90 Å². The highest BCUT2D eigenvalue weighted by Gasteiger charge is 2.39. The second kappa shape index (κ2) is 5.58. The van der Waals surface area contributed by atoms with Crippen molar-refractivity contribution >= 4 is 21.2 Å². The number of piperidine rings is 3. The van der Waals surface area contributed by atoms with Gasteiger partial charge in [0.25, 0.3) is 0 Å². The van der Waals surface area contributed by atoms with Crippen LogP contribution >= 0.6 is 0 Å². The first-order chi connectivity index (χ1) is 12.1. The van der Waals surface area contributed by atoms with E-state index in [0.717, 1.165) is 30.4 Å². The van der Waals surface area contributed by atoms with Crippen molar-refractivity contribution in [2.45, 2.75) is 22.6 Å². The molecule has 0 saturated carbocycles. The topological polar surface area (TPSA) is 40.6 Å². The second-order valence-corrected chi connectivity index (χ2v) is 9.33. The lowest BCUT2D eigenvalue weighted by Crippen LogP contribution is -2.50. The fourth-order valence-electron chi connectivity index (χ4n) is 4.79. The number of hydrogen-bond donors (Lipinski definition) is 0. The Morgan fingerprint density at radius 2 is 1.44 bits per heavy atom. The first-order valence-corrected chi connectivity index (χ1v) is 10.6. The van der Waals surface area contributed by atoms with Crippen LogP contribution in [-0.2, 0) is 9.84 Å². The maximum Gasteiger partial charge on any atom is 0.210 e. The molecule has 2 aromatic carbocycles. The van der Waals surface area contributed by atoms with E-state index in [0.29, 0.717) is 15.7 Å². The predicted octanol–water partition coefficient (Wildman–Crippen LogP) is 3.31. The Hall–Kier alpha value is -1.85. The minimum absolute atomic E-state index is 0.440. The number of nitrogens with zero attached hydrogens (tertiary/aromatic N) is 2. The highest BCUT2D eigenvalue weighted by Crippen LogP contribution is 2.45. The Labute approximate surface area is 149 Å². The maximum atomic E-state index is 13.0. The molecule has 0 aliphatic carbocycles. The largest absolute Gasteiger partial charge is 0.339 e. The van der Waals surface area contributed by atoms with Gasteiger partial charge in [-0.2, -0.15) is 0 Å². The van der Waals surface area contributed by atoms with Crippen LogP contribution in [0.25, 0.3) is 0 Å². The van der Waals surface area contributed by atoms with Crippen LogP contribution in [-0.4, -0.2) is 39.5 Å². The predicted molar refractivity (Wildman–Crippen MR) is 98.0 cm³/mol. The van der Waals surface area contributed by atoms with Crippen LogP contribution in [0, 0.1) is 11.8 Å². The molecule has 4 aliphatic rings. The quantitative estimate of drug-likeness (QED) is 0.830. The molecule has 0 spiro atoms. The third kappa shape index (κ3) is 2.33. The molecule has 3 fully saturated rings. The molecule has 4 nitrogen and oxygen atoms in total. The molecule has 5 heteroatoms. The normalized spacial score (nSPS) is 29.1. The van der Waals surface area contributed by atoms with Crippen LogP contribution in [0.15, 0.2) is 58.3 Å². The number of anilines is 2. The van der Waals surface area contributed by atoms with E-state index in [9.17, 15) is 8.42 Å². The molecular weight excluding hydrogens is 332 g/mol. The number of rotatable bonds is 2. The lowest BCUT2D eigenvalue weighted by atomic mass is 9.78. The van der Waals surface area contributed by atoms with E-state index in [2.05, 4.69) is 9.80 Å². The molecule has 2 aromatic rings. The number of hydrogen-bond acceptors (Lipinski definition) is 4. The summed E-state index contributed by atoms with van der Waals surface area (Å²) >= 11 is 0. The van der Waals surface area contributed by atoms with Gasteiger partial charge < -0.3 is 9.80 Å². The molecule has 4 aliphatic heterocycles. The van der Waals surface area contributed by atoms with Gasteiger partial charge in [0.05, 0.1) is 21.2 Å². The first-order valence-electron chi connectivity index (χ1n) is 9.07. The average molecular weight is 354 g/mol. The van der Waals surface area contributed by atoms with E-state index in [1.54, 1.807) is 12.1 Å². The Morgan fingerprint density at radius 1 is 0.880 bits per heavy atom. The molecule has 6 rings (SSSR count). The van der Waals surface area contributed by atoms with E-state index in [1.807, 2.05) is 36.4 Å². The summed E-state index contributed by atoms with van der Waals surface area (Å²) < 4.78 is 26.1. The summed E-state index contributed by atoms with van der Waals surface area (Å²) in [6.45, 7) is 4.48. The van der Waals surface area contributed by atoms with Gasteiger partial charge in [0.15, 0.2) is 0 Å². The fraction of sp³-hybridized carbons (Fsp3) is 0.400. The SMILES string of the molecule is O=S1(=O)c2ccccc2N(CC2CN3CCC2CC3)c2ccccc21. The van der Waals surface area contributed by atoms with Crippen molar-refractivity contribution in [1.82, 2.24) is 4.90 Å². The molecular formula is C20H22N2O2S. The fourth-order valence-corrected chi connectivity index (χ4v) is 6.45. The minimum Gasteiger partial charge on any atom is -0.339 e. The monoisotopic (exact) mass is 354 g/mol. The van der Waals surface area contributed by atoms with Crippen LogP contribution in [0.3, 0.4) is 0 Å². The molecule has 3 saturated heterocycles. The van der Waals surface area contributed by atoms with E-state index in [-0.39, 0.29) is 0 Å². The summed E-state index contributed by atoms with van der Waals surface area (Å²) in [5.41, 5.74) is 1.66. The van der Waals surface area contributed by atoms with Crippen molar-refractivity contribution in [2.24, 2.45) is 11.8 Å². The summed E-state index contributed by atoms with van der Waals surface area (Å²) in [4.78, 5) is 5.69. The van der Waals surface area contributed by atoms with Gasteiger partial charge in [-0.3, -0.25) is 0 Å². The van der Waals surface area contributed by atoms with Crippen molar-refractivity contribution in [2.75, 3.05) is 31.1 Å². The molecule has 1 unspecified atom stereocenters. The van der Waals surface area contributed by atoms with Gasteiger partial charge in [-0.15, -0.1) is 0 Å². The molecule has 0 aromatic heterocycles. The molecule has 0 N–H and O–H groups in total. The van der Waals surface area contributed by atoms with Gasteiger partial charge in [0.2, 0.25) is 9.84 Å².